The molecule has 0 aromatic heterocycles. The summed E-state index contributed by atoms with van der Waals surface area (Å²) < 4.78 is 9.78. The molecule has 0 aliphatic rings. The highest BCUT2D eigenvalue weighted by Crippen LogP contribution is 2.30. The highest BCUT2D eigenvalue weighted by molar-refractivity contribution is 5.65. The second-order valence-electron chi connectivity index (χ2n) is 4.47. The fourth-order valence-corrected chi connectivity index (χ4v) is 1.87. The third-order valence-corrected chi connectivity index (χ3v) is 3.18. The minimum absolute atomic E-state index is 0.0178. The number of carbonyl (C=O) groups excluding carboxylic acids is 2. The summed E-state index contributed by atoms with van der Waals surface area (Å²) >= 11 is 0. The zero-order chi connectivity index (χ0) is 15.2. The van der Waals surface area contributed by atoms with E-state index in [1.54, 1.807) is 24.3 Å². The lowest BCUT2D eigenvalue weighted by Crippen LogP contribution is -2.39. The average molecular weight is 281 g/mol. The molecule has 7 heteroatoms. The number of anilines is 1. The Morgan fingerprint density at radius 1 is 1.05 bits per heavy atom. The van der Waals surface area contributed by atoms with E-state index in [4.69, 9.17) is 26.7 Å². The number of amides is 2. The van der Waals surface area contributed by atoms with Gasteiger partial charge >= 0.3 is 12.2 Å². The van der Waals surface area contributed by atoms with Gasteiger partial charge in [0.25, 0.3) is 0 Å². The van der Waals surface area contributed by atoms with Crippen molar-refractivity contribution in [3.63, 3.8) is 0 Å². The summed E-state index contributed by atoms with van der Waals surface area (Å²) in [5, 5.41) is 0. The summed E-state index contributed by atoms with van der Waals surface area (Å²) in [6, 6.07) is 7.00. The van der Waals surface area contributed by atoms with E-state index < -0.39 is 17.6 Å². The van der Waals surface area contributed by atoms with Crippen LogP contribution in [0.15, 0.2) is 24.3 Å². The predicted molar refractivity (Wildman–Crippen MR) is 73.9 cm³/mol. The number of rotatable bonds is 6. The first kappa shape index (κ1) is 15.6. The SMILES string of the molecule is CCC(COC(N)=O)(COC(N)=O)c1ccc(N)cc1. The Balaban J connectivity index is 3.04. The number of hydrogen-bond donors (Lipinski definition) is 3. The Labute approximate surface area is 117 Å². The highest BCUT2D eigenvalue weighted by atomic mass is 16.6. The summed E-state index contributed by atoms with van der Waals surface area (Å²) in [6.07, 6.45) is -1.23. The van der Waals surface area contributed by atoms with E-state index in [1.165, 1.54) is 0 Å². The van der Waals surface area contributed by atoms with Crippen LogP contribution in [-0.2, 0) is 14.9 Å². The first-order valence-corrected chi connectivity index (χ1v) is 6.10. The van der Waals surface area contributed by atoms with Crippen LogP contribution in [0.4, 0.5) is 15.3 Å². The second kappa shape index (κ2) is 6.65. The number of nitrogens with two attached hydrogens (primary N) is 3. The van der Waals surface area contributed by atoms with Gasteiger partial charge in [-0.15, -0.1) is 0 Å². The third-order valence-electron chi connectivity index (χ3n) is 3.18. The Morgan fingerprint density at radius 3 is 1.85 bits per heavy atom. The molecule has 0 unspecified atom stereocenters. The van der Waals surface area contributed by atoms with Crippen LogP contribution in [0, 0.1) is 0 Å². The van der Waals surface area contributed by atoms with Crippen LogP contribution in [0.2, 0.25) is 0 Å². The molecule has 1 aromatic carbocycles. The average Bonchev–Trinajstić information content (AvgIpc) is 2.40. The maximum Gasteiger partial charge on any atom is 0.404 e. The summed E-state index contributed by atoms with van der Waals surface area (Å²) in [7, 11) is 0. The molecule has 0 aliphatic carbocycles. The van der Waals surface area contributed by atoms with Crippen molar-refractivity contribution in [1.82, 2.24) is 0 Å². The lowest BCUT2D eigenvalue weighted by Gasteiger charge is -2.31. The first-order valence-electron chi connectivity index (χ1n) is 6.10. The number of hydrogen-bond acceptors (Lipinski definition) is 5. The van der Waals surface area contributed by atoms with Gasteiger partial charge in [-0.2, -0.15) is 0 Å². The fourth-order valence-electron chi connectivity index (χ4n) is 1.87. The number of primary amides is 2. The predicted octanol–water partition coefficient (Wildman–Crippen LogP) is 1.11. The van der Waals surface area contributed by atoms with Crippen molar-refractivity contribution >= 4 is 17.9 Å². The summed E-state index contributed by atoms with van der Waals surface area (Å²) in [6.45, 7) is 1.84. The van der Waals surface area contributed by atoms with Crippen molar-refractivity contribution in [3.05, 3.63) is 29.8 Å². The molecular formula is C13H19N3O4. The number of nitrogen functional groups attached to an aromatic ring is 1. The van der Waals surface area contributed by atoms with Crippen LogP contribution in [0.5, 0.6) is 0 Å². The topological polar surface area (TPSA) is 131 Å². The van der Waals surface area contributed by atoms with Crippen molar-refractivity contribution < 1.29 is 19.1 Å². The maximum atomic E-state index is 10.8. The van der Waals surface area contributed by atoms with Crippen LogP contribution in [0.1, 0.15) is 18.9 Å². The molecule has 2 amide bonds. The van der Waals surface area contributed by atoms with Gasteiger partial charge in [0, 0.05) is 5.69 Å². The van der Waals surface area contributed by atoms with Gasteiger partial charge in [0.05, 0.1) is 5.41 Å². The quantitative estimate of drug-likeness (QED) is 0.672. The molecule has 110 valence electrons. The van der Waals surface area contributed by atoms with Gasteiger partial charge in [-0.25, -0.2) is 9.59 Å². The van der Waals surface area contributed by atoms with E-state index >= 15 is 0 Å². The molecular weight excluding hydrogens is 262 g/mol. The minimum atomic E-state index is -0.891. The monoisotopic (exact) mass is 281 g/mol. The zero-order valence-electron chi connectivity index (χ0n) is 11.3. The summed E-state index contributed by atoms with van der Waals surface area (Å²) in [5.74, 6) is 0. The largest absolute Gasteiger partial charge is 0.449 e. The van der Waals surface area contributed by atoms with Crippen LogP contribution in [-0.4, -0.2) is 25.4 Å². The lowest BCUT2D eigenvalue weighted by atomic mass is 9.79. The molecule has 20 heavy (non-hydrogen) atoms. The van der Waals surface area contributed by atoms with E-state index in [0.29, 0.717) is 12.1 Å². The van der Waals surface area contributed by atoms with Gasteiger partial charge in [0.15, 0.2) is 0 Å². The standard InChI is InChI=1S/C13H19N3O4/c1-2-13(7-19-11(15)17,8-20-12(16)18)9-3-5-10(14)6-4-9/h3-6H,2,7-8,14H2,1H3,(H2,15,17)(H2,16,18). The molecule has 0 bridgehead atoms. The molecule has 0 saturated heterocycles. The van der Waals surface area contributed by atoms with Crippen molar-refractivity contribution in [2.24, 2.45) is 11.5 Å². The van der Waals surface area contributed by atoms with Gasteiger partial charge in [-0.05, 0) is 24.1 Å². The zero-order valence-corrected chi connectivity index (χ0v) is 11.3. The van der Waals surface area contributed by atoms with E-state index in [2.05, 4.69) is 0 Å². The normalized spacial score (nSPS) is 10.8. The van der Waals surface area contributed by atoms with E-state index in [-0.39, 0.29) is 13.2 Å². The Morgan fingerprint density at radius 2 is 1.50 bits per heavy atom. The smallest absolute Gasteiger partial charge is 0.404 e. The first-order chi connectivity index (χ1) is 9.39. The van der Waals surface area contributed by atoms with Crippen molar-refractivity contribution in [2.75, 3.05) is 18.9 Å². The molecule has 0 aliphatic heterocycles. The van der Waals surface area contributed by atoms with Crippen molar-refractivity contribution in [2.45, 2.75) is 18.8 Å². The Bertz CT molecular complexity index is 455. The Hall–Kier alpha value is -2.44. The lowest BCUT2D eigenvalue weighted by molar-refractivity contribution is 0.0721. The third kappa shape index (κ3) is 4.04. The Kier molecular flexibility index (Phi) is 5.19. The summed E-state index contributed by atoms with van der Waals surface area (Å²) in [5.41, 5.74) is 16.4. The van der Waals surface area contributed by atoms with E-state index in [9.17, 15) is 9.59 Å². The van der Waals surface area contributed by atoms with Crippen LogP contribution < -0.4 is 17.2 Å². The van der Waals surface area contributed by atoms with Gasteiger partial charge in [0.2, 0.25) is 0 Å². The molecule has 0 spiro atoms. The van der Waals surface area contributed by atoms with Gasteiger partial charge in [0.1, 0.15) is 13.2 Å². The van der Waals surface area contributed by atoms with E-state index in [0.717, 1.165) is 5.56 Å². The maximum absolute atomic E-state index is 10.8. The second-order valence-corrected chi connectivity index (χ2v) is 4.47. The van der Waals surface area contributed by atoms with Crippen molar-refractivity contribution in [1.29, 1.82) is 0 Å². The number of benzene rings is 1. The molecule has 0 heterocycles. The van der Waals surface area contributed by atoms with Crippen LogP contribution in [0.3, 0.4) is 0 Å². The molecule has 7 nitrogen and oxygen atoms in total. The number of ether oxygens (including phenoxy) is 2. The molecule has 1 aromatic rings. The summed E-state index contributed by atoms with van der Waals surface area (Å²) in [4.78, 5) is 21.7. The van der Waals surface area contributed by atoms with Crippen LogP contribution >= 0.6 is 0 Å². The molecule has 6 N–H and O–H groups in total. The van der Waals surface area contributed by atoms with Gasteiger partial charge < -0.3 is 26.7 Å². The van der Waals surface area contributed by atoms with Crippen molar-refractivity contribution in [3.8, 4) is 0 Å². The van der Waals surface area contributed by atoms with Gasteiger partial charge in [-0.3, -0.25) is 0 Å². The molecule has 0 atom stereocenters. The molecule has 0 radical (unpaired) electrons. The molecule has 0 fully saturated rings. The minimum Gasteiger partial charge on any atom is -0.449 e. The molecule has 1 rings (SSSR count). The van der Waals surface area contributed by atoms with Gasteiger partial charge in [-0.1, -0.05) is 19.1 Å². The molecule has 0 saturated carbocycles. The fraction of sp³-hybridized carbons (Fsp3) is 0.385. The van der Waals surface area contributed by atoms with E-state index in [1.807, 2.05) is 6.92 Å². The van der Waals surface area contributed by atoms with Crippen LogP contribution in [0.25, 0.3) is 0 Å². The number of carbonyl (C=O) groups is 2. The highest BCUT2D eigenvalue weighted by Gasteiger charge is 2.33.